The number of aliphatic hydroxyl groups excluding tert-OH is 1. The van der Waals surface area contributed by atoms with E-state index in [-0.39, 0.29) is 6.10 Å². The molecule has 92 valence electrons. The second-order valence-electron chi connectivity index (χ2n) is 6.54. The molecule has 0 aromatic heterocycles. The smallest absolute Gasteiger partial charge is 0.0605 e. The van der Waals surface area contributed by atoms with E-state index in [1.165, 1.54) is 18.4 Å². The zero-order valence-corrected chi connectivity index (χ0v) is 10.8. The van der Waals surface area contributed by atoms with Gasteiger partial charge in [0.2, 0.25) is 0 Å². The minimum Gasteiger partial charge on any atom is -0.393 e. The van der Waals surface area contributed by atoms with Crippen molar-refractivity contribution in [3.63, 3.8) is 0 Å². The largest absolute Gasteiger partial charge is 0.393 e. The lowest BCUT2D eigenvalue weighted by Gasteiger charge is -2.61. The highest BCUT2D eigenvalue weighted by Crippen LogP contribution is 2.60. The highest BCUT2D eigenvalue weighted by atomic mass is 16.3. The topological polar surface area (TPSA) is 20.2 Å². The Hall–Kier alpha value is -0.820. The second kappa shape index (κ2) is 3.84. The number of fused-ring (bicyclic) bond motifs is 2. The highest BCUT2D eigenvalue weighted by Gasteiger charge is 2.57. The van der Waals surface area contributed by atoms with E-state index in [0.717, 1.165) is 12.3 Å². The summed E-state index contributed by atoms with van der Waals surface area (Å²) in [5.41, 5.74) is 1.75. The molecule has 0 spiro atoms. The van der Waals surface area contributed by atoms with Gasteiger partial charge in [0, 0.05) is 0 Å². The van der Waals surface area contributed by atoms with Gasteiger partial charge in [0.15, 0.2) is 0 Å². The predicted molar refractivity (Wildman–Crippen MR) is 69.6 cm³/mol. The molecule has 1 aromatic carbocycles. The minimum atomic E-state index is -0.0878. The fraction of sp³-hybridized carbons (Fsp3) is 0.625. The van der Waals surface area contributed by atoms with E-state index in [2.05, 4.69) is 44.2 Å². The molecule has 3 aliphatic carbocycles. The van der Waals surface area contributed by atoms with Crippen LogP contribution < -0.4 is 0 Å². The standard InChI is InChI=1S/C16H22O/c1-16(2)13-9-12(15(17)14(16)10-13)8-11-6-4-3-5-7-11/h3-7,12-15,17H,8-10H2,1-2H3/t12-,13+,14+,15+/m1/s1. The number of hydrogen-bond donors (Lipinski definition) is 1. The van der Waals surface area contributed by atoms with Crippen molar-refractivity contribution >= 4 is 0 Å². The van der Waals surface area contributed by atoms with Crippen LogP contribution in [0.4, 0.5) is 0 Å². The molecule has 3 aliphatic rings. The fourth-order valence-corrected chi connectivity index (χ4v) is 3.99. The van der Waals surface area contributed by atoms with E-state index in [1.54, 1.807) is 0 Å². The van der Waals surface area contributed by atoms with Crippen LogP contribution >= 0.6 is 0 Å². The van der Waals surface area contributed by atoms with Crippen molar-refractivity contribution < 1.29 is 5.11 Å². The first kappa shape index (κ1) is 11.3. The van der Waals surface area contributed by atoms with Gasteiger partial charge in [0.1, 0.15) is 0 Å². The third-order valence-electron chi connectivity index (χ3n) is 5.37. The van der Waals surface area contributed by atoms with E-state index in [1.807, 2.05) is 0 Å². The Labute approximate surface area is 104 Å². The molecule has 3 saturated carbocycles. The Balaban J connectivity index is 1.71. The molecule has 0 heterocycles. The first-order valence-corrected chi connectivity index (χ1v) is 6.81. The van der Waals surface area contributed by atoms with Crippen LogP contribution in [0, 0.1) is 23.2 Å². The molecule has 1 heteroatoms. The maximum Gasteiger partial charge on any atom is 0.0605 e. The van der Waals surface area contributed by atoms with Crippen LogP contribution in [0.25, 0.3) is 0 Å². The van der Waals surface area contributed by atoms with Gasteiger partial charge in [-0.25, -0.2) is 0 Å². The third-order valence-corrected chi connectivity index (χ3v) is 5.37. The van der Waals surface area contributed by atoms with Gasteiger partial charge in [0.05, 0.1) is 6.10 Å². The average molecular weight is 230 g/mol. The Morgan fingerprint density at radius 1 is 1.18 bits per heavy atom. The van der Waals surface area contributed by atoms with Crippen LogP contribution in [-0.2, 0) is 6.42 Å². The predicted octanol–water partition coefficient (Wildman–Crippen LogP) is 3.27. The van der Waals surface area contributed by atoms with E-state index in [9.17, 15) is 5.11 Å². The first-order chi connectivity index (χ1) is 8.09. The van der Waals surface area contributed by atoms with Crippen LogP contribution in [0.15, 0.2) is 30.3 Å². The van der Waals surface area contributed by atoms with Crippen molar-refractivity contribution in [2.45, 2.75) is 39.2 Å². The van der Waals surface area contributed by atoms with Gasteiger partial charge < -0.3 is 5.11 Å². The summed E-state index contributed by atoms with van der Waals surface area (Å²) in [7, 11) is 0. The van der Waals surface area contributed by atoms with Crippen molar-refractivity contribution in [2.75, 3.05) is 0 Å². The monoisotopic (exact) mass is 230 g/mol. The molecule has 1 nitrogen and oxygen atoms in total. The summed E-state index contributed by atoms with van der Waals surface area (Å²) in [6, 6.07) is 10.6. The normalized spacial score (nSPS) is 38.5. The van der Waals surface area contributed by atoms with Gasteiger partial charge in [-0.2, -0.15) is 0 Å². The maximum atomic E-state index is 10.5. The van der Waals surface area contributed by atoms with Crippen LogP contribution in [0.5, 0.6) is 0 Å². The minimum absolute atomic E-state index is 0.0878. The Morgan fingerprint density at radius 2 is 1.88 bits per heavy atom. The van der Waals surface area contributed by atoms with Crippen LogP contribution in [-0.4, -0.2) is 11.2 Å². The summed E-state index contributed by atoms with van der Waals surface area (Å²) in [4.78, 5) is 0. The van der Waals surface area contributed by atoms with Crippen LogP contribution in [0.1, 0.15) is 32.3 Å². The van der Waals surface area contributed by atoms with Crippen molar-refractivity contribution in [2.24, 2.45) is 23.2 Å². The summed E-state index contributed by atoms with van der Waals surface area (Å²) in [5.74, 6) is 1.86. The summed E-state index contributed by atoms with van der Waals surface area (Å²) in [5, 5.41) is 10.5. The molecule has 0 aliphatic heterocycles. The molecule has 17 heavy (non-hydrogen) atoms. The van der Waals surface area contributed by atoms with Crippen LogP contribution in [0.2, 0.25) is 0 Å². The highest BCUT2D eigenvalue weighted by molar-refractivity contribution is 5.17. The molecule has 0 saturated heterocycles. The third kappa shape index (κ3) is 1.72. The fourth-order valence-electron chi connectivity index (χ4n) is 3.99. The molecule has 0 amide bonds. The summed E-state index contributed by atoms with van der Waals surface area (Å²) in [6.07, 6.45) is 3.42. The Kier molecular flexibility index (Phi) is 2.55. The molecule has 3 fully saturated rings. The second-order valence-corrected chi connectivity index (χ2v) is 6.54. The zero-order valence-electron chi connectivity index (χ0n) is 10.8. The van der Waals surface area contributed by atoms with Crippen molar-refractivity contribution in [3.8, 4) is 0 Å². The van der Waals surface area contributed by atoms with E-state index < -0.39 is 0 Å². The van der Waals surface area contributed by atoms with E-state index in [4.69, 9.17) is 0 Å². The summed E-state index contributed by atoms with van der Waals surface area (Å²) >= 11 is 0. The van der Waals surface area contributed by atoms with Gasteiger partial charge in [-0.1, -0.05) is 44.2 Å². The quantitative estimate of drug-likeness (QED) is 0.826. The molecule has 0 radical (unpaired) electrons. The lowest BCUT2D eigenvalue weighted by atomic mass is 9.45. The van der Waals surface area contributed by atoms with Crippen molar-refractivity contribution in [1.82, 2.24) is 0 Å². The number of rotatable bonds is 2. The molecule has 4 rings (SSSR count). The van der Waals surface area contributed by atoms with Gasteiger partial charge in [-0.05, 0) is 48.0 Å². The number of hydrogen-bond acceptors (Lipinski definition) is 1. The van der Waals surface area contributed by atoms with E-state index >= 15 is 0 Å². The molecule has 1 N–H and O–H groups in total. The van der Waals surface area contributed by atoms with Gasteiger partial charge >= 0.3 is 0 Å². The van der Waals surface area contributed by atoms with Crippen molar-refractivity contribution in [1.29, 1.82) is 0 Å². The average Bonchev–Trinajstić information content (AvgIpc) is 2.32. The van der Waals surface area contributed by atoms with Gasteiger partial charge in [-0.15, -0.1) is 0 Å². The SMILES string of the molecule is CC1(C)[C@H]2C[C@@H](Cc3ccccc3)[C@H](O)[C@@H]1C2. The Morgan fingerprint density at radius 3 is 2.47 bits per heavy atom. The number of aliphatic hydroxyl groups is 1. The molecule has 1 aromatic rings. The van der Waals surface area contributed by atoms with Gasteiger partial charge in [0.25, 0.3) is 0 Å². The van der Waals surface area contributed by atoms with Crippen molar-refractivity contribution in [3.05, 3.63) is 35.9 Å². The Bertz CT molecular complexity index is 395. The zero-order chi connectivity index (χ0) is 12.0. The van der Waals surface area contributed by atoms with E-state index in [0.29, 0.717) is 17.3 Å². The van der Waals surface area contributed by atoms with Gasteiger partial charge in [-0.3, -0.25) is 0 Å². The van der Waals surface area contributed by atoms with Crippen LogP contribution in [0.3, 0.4) is 0 Å². The number of benzene rings is 1. The molecule has 2 bridgehead atoms. The molecule has 4 atom stereocenters. The summed E-state index contributed by atoms with van der Waals surface area (Å²) in [6.45, 7) is 4.65. The first-order valence-electron chi connectivity index (χ1n) is 6.81. The summed E-state index contributed by atoms with van der Waals surface area (Å²) < 4.78 is 0. The molecular weight excluding hydrogens is 208 g/mol. The maximum absolute atomic E-state index is 10.5. The molecular formula is C16H22O. The lowest BCUT2D eigenvalue weighted by molar-refractivity contribution is -0.169. The lowest BCUT2D eigenvalue weighted by Crippen LogP contribution is -2.58. The molecule has 0 unspecified atom stereocenters.